The van der Waals surface area contributed by atoms with E-state index in [9.17, 15) is 0 Å². The van der Waals surface area contributed by atoms with Crippen LogP contribution in [0, 0.1) is 17.2 Å². The molecule has 0 aromatic heterocycles. The predicted octanol–water partition coefficient (Wildman–Crippen LogP) is 3.81. The zero-order valence-corrected chi connectivity index (χ0v) is 9.93. The second kappa shape index (κ2) is 5.23. The van der Waals surface area contributed by atoms with Gasteiger partial charge in [-0.05, 0) is 30.5 Å². The molecule has 0 unspecified atom stereocenters. The number of anilines is 1. The average Bonchev–Trinajstić information content (AvgIpc) is 2.23. The van der Waals surface area contributed by atoms with E-state index in [4.69, 9.17) is 16.9 Å². The normalized spacial score (nSPS) is 15.2. The van der Waals surface area contributed by atoms with E-state index in [1.54, 1.807) is 12.1 Å². The molecule has 2 rings (SSSR count). The lowest BCUT2D eigenvalue weighted by atomic mass is 9.83. The summed E-state index contributed by atoms with van der Waals surface area (Å²) in [7, 11) is 0. The number of nitriles is 1. The van der Waals surface area contributed by atoms with E-state index in [0.717, 1.165) is 18.2 Å². The van der Waals surface area contributed by atoms with Crippen molar-refractivity contribution in [3.05, 3.63) is 28.8 Å². The maximum absolute atomic E-state index is 8.71. The third kappa shape index (κ3) is 2.68. The van der Waals surface area contributed by atoms with Crippen LogP contribution in [0.15, 0.2) is 18.2 Å². The maximum Gasteiger partial charge on any atom is 0.0992 e. The first-order valence-corrected chi connectivity index (χ1v) is 6.11. The van der Waals surface area contributed by atoms with Gasteiger partial charge in [0, 0.05) is 6.54 Å². The van der Waals surface area contributed by atoms with Crippen molar-refractivity contribution in [2.75, 3.05) is 11.9 Å². The third-order valence-corrected chi connectivity index (χ3v) is 3.50. The topological polar surface area (TPSA) is 35.8 Å². The summed E-state index contributed by atoms with van der Waals surface area (Å²) in [5.41, 5.74) is 1.54. The molecule has 0 spiro atoms. The molecule has 0 amide bonds. The molecular weight excluding hydrogens is 220 g/mol. The third-order valence-electron chi connectivity index (χ3n) is 3.19. The number of nitrogens with zero attached hydrogens (tertiary/aromatic N) is 1. The second-order valence-corrected chi connectivity index (χ2v) is 4.73. The van der Waals surface area contributed by atoms with Crippen molar-refractivity contribution in [2.45, 2.75) is 25.7 Å². The Morgan fingerprint density at radius 2 is 2.25 bits per heavy atom. The molecule has 1 aliphatic rings. The van der Waals surface area contributed by atoms with E-state index in [1.165, 1.54) is 25.7 Å². The van der Waals surface area contributed by atoms with Gasteiger partial charge in [0.25, 0.3) is 0 Å². The fourth-order valence-electron chi connectivity index (χ4n) is 1.92. The Labute approximate surface area is 101 Å². The first kappa shape index (κ1) is 11.3. The Bertz CT molecular complexity index is 405. The molecule has 1 fully saturated rings. The van der Waals surface area contributed by atoms with Gasteiger partial charge < -0.3 is 5.32 Å². The summed E-state index contributed by atoms with van der Waals surface area (Å²) in [6.07, 6.45) is 5.37. The molecule has 1 aromatic rings. The first-order chi connectivity index (χ1) is 7.79. The number of rotatable bonds is 4. The van der Waals surface area contributed by atoms with Crippen LogP contribution in [0.25, 0.3) is 0 Å². The van der Waals surface area contributed by atoms with Crippen LogP contribution < -0.4 is 5.32 Å². The lowest BCUT2D eigenvalue weighted by Crippen LogP contribution is -2.15. The SMILES string of the molecule is N#Cc1ccc(NCCC2CCC2)c(Cl)c1. The van der Waals surface area contributed by atoms with Gasteiger partial charge in [0.1, 0.15) is 0 Å². The molecule has 0 bridgehead atoms. The van der Waals surface area contributed by atoms with Gasteiger partial charge >= 0.3 is 0 Å². The van der Waals surface area contributed by atoms with Crippen LogP contribution in [0.2, 0.25) is 5.02 Å². The number of hydrogen-bond donors (Lipinski definition) is 1. The summed E-state index contributed by atoms with van der Waals surface area (Å²) < 4.78 is 0. The lowest BCUT2D eigenvalue weighted by Gasteiger charge is -2.25. The zero-order chi connectivity index (χ0) is 11.4. The molecule has 1 saturated carbocycles. The molecule has 0 atom stereocenters. The van der Waals surface area contributed by atoms with E-state index >= 15 is 0 Å². The predicted molar refractivity (Wildman–Crippen MR) is 66.6 cm³/mol. The number of nitrogens with one attached hydrogen (secondary N) is 1. The summed E-state index contributed by atoms with van der Waals surface area (Å²) in [5.74, 6) is 0.907. The van der Waals surface area contributed by atoms with Gasteiger partial charge in [-0.3, -0.25) is 0 Å². The fourth-order valence-corrected chi connectivity index (χ4v) is 2.17. The van der Waals surface area contributed by atoms with E-state index in [2.05, 4.69) is 11.4 Å². The van der Waals surface area contributed by atoms with Crippen molar-refractivity contribution in [3.63, 3.8) is 0 Å². The molecule has 0 saturated heterocycles. The lowest BCUT2D eigenvalue weighted by molar-refractivity contribution is 0.303. The summed E-state index contributed by atoms with van der Waals surface area (Å²) in [6, 6.07) is 7.44. The first-order valence-electron chi connectivity index (χ1n) is 5.73. The molecular formula is C13H15ClN2. The number of benzene rings is 1. The molecule has 3 heteroatoms. The summed E-state index contributed by atoms with van der Waals surface area (Å²) in [4.78, 5) is 0. The van der Waals surface area contributed by atoms with Gasteiger partial charge in [-0.25, -0.2) is 0 Å². The van der Waals surface area contributed by atoms with Crippen LogP contribution in [0.4, 0.5) is 5.69 Å². The molecule has 0 aliphatic heterocycles. The van der Waals surface area contributed by atoms with Gasteiger partial charge in [0.15, 0.2) is 0 Å². The molecule has 16 heavy (non-hydrogen) atoms. The fraction of sp³-hybridized carbons (Fsp3) is 0.462. The van der Waals surface area contributed by atoms with Gasteiger partial charge in [-0.2, -0.15) is 5.26 Å². The molecule has 0 radical (unpaired) electrons. The molecule has 0 heterocycles. The highest BCUT2D eigenvalue weighted by molar-refractivity contribution is 6.33. The second-order valence-electron chi connectivity index (χ2n) is 4.32. The number of halogens is 1. The zero-order valence-electron chi connectivity index (χ0n) is 9.17. The Kier molecular flexibility index (Phi) is 3.69. The van der Waals surface area contributed by atoms with Crippen LogP contribution in [-0.4, -0.2) is 6.54 Å². The Morgan fingerprint density at radius 1 is 1.44 bits per heavy atom. The van der Waals surface area contributed by atoms with Crippen molar-refractivity contribution in [1.82, 2.24) is 0 Å². The van der Waals surface area contributed by atoms with E-state index in [-0.39, 0.29) is 0 Å². The maximum atomic E-state index is 8.71. The molecule has 1 aromatic carbocycles. The Morgan fingerprint density at radius 3 is 2.81 bits per heavy atom. The van der Waals surface area contributed by atoms with E-state index in [1.807, 2.05) is 6.07 Å². The smallest absolute Gasteiger partial charge is 0.0992 e. The standard InChI is InChI=1S/C13H15ClN2/c14-12-8-11(9-15)4-5-13(12)16-7-6-10-2-1-3-10/h4-5,8,10,16H,1-3,6-7H2. The largest absolute Gasteiger partial charge is 0.384 e. The van der Waals surface area contributed by atoms with Crippen molar-refractivity contribution < 1.29 is 0 Å². The minimum atomic E-state index is 0.606. The van der Waals surface area contributed by atoms with Gasteiger partial charge in [0.2, 0.25) is 0 Å². The van der Waals surface area contributed by atoms with Crippen LogP contribution in [0.1, 0.15) is 31.2 Å². The quantitative estimate of drug-likeness (QED) is 0.860. The molecule has 2 nitrogen and oxygen atoms in total. The van der Waals surface area contributed by atoms with E-state index < -0.39 is 0 Å². The van der Waals surface area contributed by atoms with Gasteiger partial charge in [-0.1, -0.05) is 30.9 Å². The highest BCUT2D eigenvalue weighted by Crippen LogP contribution is 2.29. The Balaban J connectivity index is 1.86. The summed E-state index contributed by atoms with van der Waals surface area (Å²) in [6.45, 7) is 0.969. The van der Waals surface area contributed by atoms with Gasteiger partial charge in [0.05, 0.1) is 22.3 Å². The minimum absolute atomic E-state index is 0.606. The monoisotopic (exact) mass is 234 g/mol. The minimum Gasteiger partial charge on any atom is -0.384 e. The van der Waals surface area contributed by atoms with Crippen LogP contribution in [0.5, 0.6) is 0 Å². The average molecular weight is 235 g/mol. The summed E-state index contributed by atoms with van der Waals surface area (Å²) >= 11 is 6.06. The van der Waals surface area contributed by atoms with Crippen molar-refractivity contribution in [3.8, 4) is 6.07 Å². The molecule has 1 N–H and O–H groups in total. The van der Waals surface area contributed by atoms with Crippen molar-refractivity contribution in [1.29, 1.82) is 5.26 Å². The van der Waals surface area contributed by atoms with Crippen LogP contribution in [0.3, 0.4) is 0 Å². The highest BCUT2D eigenvalue weighted by Gasteiger charge is 2.16. The van der Waals surface area contributed by atoms with Crippen LogP contribution in [-0.2, 0) is 0 Å². The Hall–Kier alpha value is -1.20. The number of hydrogen-bond acceptors (Lipinski definition) is 2. The van der Waals surface area contributed by atoms with Crippen molar-refractivity contribution in [2.24, 2.45) is 5.92 Å². The van der Waals surface area contributed by atoms with E-state index in [0.29, 0.717) is 10.6 Å². The van der Waals surface area contributed by atoms with Gasteiger partial charge in [-0.15, -0.1) is 0 Å². The van der Waals surface area contributed by atoms with Crippen LogP contribution >= 0.6 is 11.6 Å². The van der Waals surface area contributed by atoms with Crippen molar-refractivity contribution >= 4 is 17.3 Å². The molecule has 1 aliphatic carbocycles. The highest BCUT2D eigenvalue weighted by atomic mass is 35.5. The summed E-state index contributed by atoms with van der Waals surface area (Å²) in [5, 5.41) is 12.7. The molecule has 84 valence electrons.